The highest BCUT2D eigenvalue weighted by atomic mass is 79.9. The van der Waals surface area contributed by atoms with Crippen LogP contribution in [0.1, 0.15) is 16.7 Å². The first-order valence-corrected chi connectivity index (χ1v) is 7.49. The molecular formula is C17H17BrN2O. The van der Waals surface area contributed by atoms with Crippen molar-refractivity contribution < 1.29 is 4.74 Å². The minimum atomic E-state index is 0.0784. The van der Waals surface area contributed by atoms with Crippen LogP contribution in [0.5, 0.6) is 5.75 Å². The molecule has 0 fully saturated rings. The number of hydrogen-bond donors (Lipinski definition) is 1. The molecule has 0 bridgehead atoms. The third-order valence-electron chi connectivity index (χ3n) is 3.16. The molecule has 0 amide bonds. The number of benzene rings is 2. The number of hydrogen-bond acceptors (Lipinski definition) is 3. The Morgan fingerprint density at radius 1 is 1.14 bits per heavy atom. The molecule has 0 saturated carbocycles. The maximum atomic E-state index is 8.47. The Kier molecular flexibility index (Phi) is 5.24. The largest absolute Gasteiger partial charge is 0.479 e. The van der Waals surface area contributed by atoms with Crippen LogP contribution in [0.2, 0.25) is 0 Å². The van der Waals surface area contributed by atoms with Gasteiger partial charge in [0, 0.05) is 16.7 Å². The van der Waals surface area contributed by atoms with E-state index < -0.39 is 0 Å². The number of anilines is 1. The minimum Gasteiger partial charge on any atom is -0.479 e. The van der Waals surface area contributed by atoms with Crippen molar-refractivity contribution in [3.63, 3.8) is 0 Å². The van der Waals surface area contributed by atoms with Crippen LogP contribution in [0, 0.1) is 25.2 Å². The predicted octanol–water partition coefficient (Wildman–Crippen LogP) is 4.58. The monoisotopic (exact) mass is 344 g/mol. The zero-order chi connectivity index (χ0) is 15.2. The molecule has 0 atom stereocenters. The van der Waals surface area contributed by atoms with Crippen molar-refractivity contribution in [1.82, 2.24) is 0 Å². The minimum absolute atomic E-state index is 0.0784. The lowest BCUT2D eigenvalue weighted by Crippen LogP contribution is -2.01. The second-order valence-electron chi connectivity index (χ2n) is 4.87. The molecule has 0 radical (unpaired) electrons. The van der Waals surface area contributed by atoms with Gasteiger partial charge < -0.3 is 10.1 Å². The van der Waals surface area contributed by atoms with Crippen molar-refractivity contribution >= 4 is 21.6 Å². The Hall–Kier alpha value is -1.99. The van der Waals surface area contributed by atoms with Gasteiger partial charge in [0.05, 0.1) is 0 Å². The number of ether oxygens (including phenoxy) is 1. The molecule has 0 aliphatic carbocycles. The van der Waals surface area contributed by atoms with Crippen LogP contribution in [-0.4, -0.2) is 6.61 Å². The molecule has 0 aliphatic heterocycles. The van der Waals surface area contributed by atoms with E-state index in [1.165, 1.54) is 11.1 Å². The number of nitrogens with zero attached hydrogens (tertiary/aromatic N) is 1. The van der Waals surface area contributed by atoms with Crippen LogP contribution < -0.4 is 10.1 Å². The smallest absolute Gasteiger partial charge is 0.174 e. The summed E-state index contributed by atoms with van der Waals surface area (Å²) in [5.41, 5.74) is 4.71. The van der Waals surface area contributed by atoms with Gasteiger partial charge in [-0.3, -0.25) is 0 Å². The molecule has 2 aromatic rings. The predicted molar refractivity (Wildman–Crippen MR) is 88.5 cm³/mol. The Bertz CT molecular complexity index is 636. The average molecular weight is 345 g/mol. The molecule has 108 valence electrons. The number of halogens is 1. The highest BCUT2D eigenvalue weighted by Gasteiger charge is 2.02. The first kappa shape index (κ1) is 15.4. The summed E-state index contributed by atoms with van der Waals surface area (Å²) >= 11 is 3.57. The highest BCUT2D eigenvalue weighted by Crippen LogP contribution is 2.25. The van der Waals surface area contributed by atoms with Gasteiger partial charge in [-0.2, -0.15) is 5.26 Å². The fourth-order valence-electron chi connectivity index (χ4n) is 2.07. The standard InChI is InChI=1S/C17H17BrN2O/c1-12-9-15(10-13(2)17(12)18)20-11-14-3-5-16(6-4-14)21-8-7-19/h3-6,9-10,20H,8,11H2,1-2H3. The van der Waals surface area contributed by atoms with Crippen molar-refractivity contribution in [2.75, 3.05) is 11.9 Å². The van der Waals surface area contributed by atoms with Crippen molar-refractivity contribution in [1.29, 1.82) is 5.26 Å². The van der Waals surface area contributed by atoms with Crippen molar-refractivity contribution in [2.24, 2.45) is 0 Å². The molecule has 0 saturated heterocycles. The Labute approximate surface area is 133 Å². The summed E-state index contributed by atoms with van der Waals surface area (Å²) < 4.78 is 6.39. The van der Waals surface area contributed by atoms with Gasteiger partial charge in [-0.15, -0.1) is 0 Å². The third-order valence-corrected chi connectivity index (χ3v) is 4.41. The molecule has 0 aromatic heterocycles. The first-order valence-electron chi connectivity index (χ1n) is 6.69. The summed E-state index contributed by atoms with van der Waals surface area (Å²) in [6.45, 7) is 5.00. The molecule has 4 heteroatoms. The third kappa shape index (κ3) is 4.24. The highest BCUT2D eigenvalue weighted by molar-refractivity contribution is 9.10. The molecule has 2 rings (SSSR count). The van der Waals surface area contributed by atoms with E-state index >= 15 is 0 Å². The van der Waals surface area contributed by atoms with Gasteiger partial charge in [-0.1, -0.05) is 28.1 Å². The van der Waals surface area contributed by atoms with E-state index in [4.69, 9.17) is 10.00 Å². The number of aryl methyl sites for hydroxylation is 2. The van der Waals surface area contributed by atoms with Gasteiger partial charge in [0.2, 0.25) is 0 Å². The molecule has 0 heterocycles. The molecule has 0 unspecified atom stereocenters. The van der Waals surface area contributed by atoms with Crippen LogP contribution >= 0.6 is 15.9 Å². The fraction of sp³-hybridized carbons (Fsp3) is 0.235. The molecule has 3 nitrogen and oxygen atoms in total. The van der Waals surface area contributed by atoms with Crippen molar-refractivity contribution in [2.45, 2.75) is 20.4 Å². The summed E-state index contributed by atoms with van der Waals surface area (Å²) in [5.74, 6) is 0.718. The number of rotatable bonds is 5. The molecule has 2 aromatic carbocycles. The second-order valence-corrected chi connectivity index (χ2v) is 5.66. The maximum Gasteiger partial charge on any atom is 0.174 e. The van der Waals surface area contributed by atoms with Gasteiger partial charge in [0.25, 0.3) is 0 Å². The summed E-state index contributed by atoms with van der Waals surface area (Å²) in [6, 6.07) is 14.0. The van der Waals surface area contributed by atoms with Gasteiger partial charge >= 0.3 is 0 Å². The van der Waals surface area contributed by atoms with E-state index in [-0.39, 0.29) is 6.61 Å². The van der Waals surface area contributed by atoms with Crippen LogP contribution in [0.4, 0.5) is 5.69 Å². The Morgan fingerprint density at radius 2 is 1.76 bits per heavy atom. The van der Waals surface area contributed by atoms with Gasteiger partial charge in [0.15, 0.2) is 6.61 Å². The molecule has 21 heavy (non-hydrogen) atoms. The normalized spacial score (nSPS) is 10.0. The van der Waals surface area contributed by atoms with Crippen molar-refractivity contribution in [3.8, 4) is 11.8 Å². The van der Waals surface area contributed by atoms with E-state index in [1.54, 1.807) is 0 Å². The van der Waals surface area contributed by atoms with Crippen LogP contribution in [0.15, 0.2) is 40.9 Å². The number of nitrogens with one attached hydrogen (secondary N) is 1. The SMILES string of the molecule is Cc1cc(NCc2ccc(OCC#N)cc2)cc(C)c1Br. The van der Waals surface area contributed by atoms with Crippen LogP contribution in [0.25, 0.3) is 0 Å². The first-order chi connectivity index (χ1) is 10.1. The summed E-state index contributed by atoms with van der Waals surface area (Å²) in [6.07, 6.45) is 0. The molecule has 1 N–H and O–H groups in total. The quantitative estimate of drug-likeness (QED) is 0.863. The lowest BCUT2D eigenvalue weighted by atomic mass is 10.1. The fourth-order valence-corrected chi connectivity index (χ4v) is 2.30. The van der Waals surface area contributed by atoms with Gasteiger partial charge in [-0.05, 0) is 54.8 Å². The second kappa shape index (κ2) is 7.14. The lowest BCUT2D eigenvalue weighted by Gasteiger charge is -2.11. The maximum absolute atomic E-state index is 8.47. The molecule has 0 spiro atoms. The Morgan fingerprint density at radius 3 is 2.33 bits per heavy atom. The van der Waals surface area contributed by atoms with Gasteiger partial charge in [0.1, 0.15) is 11.8 Å². The van der Waals surface area contributed by atoms with Crippen LogP contribution in [0.3, 0.4) is 0 Å². The van der Waals surface area contributed by atoms with Gasteiger partial charge in [-0.25, -0.2) is 0 Å². The zero-order valence-electron chi connectivity index (χ0n) is 12.1. The summed E-state index contributed by atoms with van der Waals surface area (Å²) in [4.78, 5) is 0. The summed E-state index contributed by atoms with van der Waals surface area (Å²) in [7, 11) is 0. The van der Waals surface area contributed by atoms with E-state index in [9.17, 15) is 0 Å². The lowest BCUT2D eigenvalue weighted by molar-refractivity contribution is 0.368. The van der Waals surface area contributed by atoms with Crippen LogP contribution in [-0.2, 0) is 6.54 Å². The van der Waals surface area contributed by atoms with E-state index in [2.05, 4.69) is 47.2 Å². The Balaban J connectivity index is 1.98. The van der Waals surface area contributed by atoms with E-state index in [1.807, 2.05) is 30.3 Å². The van der Waals surface area contributed by atoms with E-state index in [0.717, 1.165) is 28.0 Å². The van der Waals surface area contributed by atoms with E-state index in [0.29, 0.717) is 0 Å². The number of nitriles is 1. The topological polar surface area (TPSA) is 45.0 Å². The average Bonchev–Trinajstić information content (AvgIpc) is 2.49. The zero-order valence-corrected chi connectivity index (χ0v) is 13.7. The molecule has 0 aliphatic rings. The van der Waals surface area contributed by atoms with Crippen molar-refractivity contribution in [3.05, 3.63) is 57.6 Å². The summed E-state index contributed by atoms with van der Waals surface area (Å²) in [5, 5.41) is 11.9. The molecular weight excluding hydrogens is 328 g/mol.